The molecule has 5 heteroatoms. The first-order valence-corrected chi connectivity index (χ1v) is 5.97. The molecule has 0 N–H and O–H groups in total. The smallest absolute Gasteiger partial charge is 0.200 e. The highest BCUT2D eigenvalue weighted by molar-refractivity contribution is 9.10. The van der Waals surface area contributed by atoms with E-state index in [9.17, 15) is 8.42 Å². The SMILES string of the molecule is N#C/C=C/S(=O)(=O)c1ccc(Br)cc1. The van der Waals surface area contributed by atoms with Gasteiger partial charge in [0.1, 0.15) is 0 Å². The van der Waals surface area contributed by atoms with Crippen molar-refractivity contribution in [2.24, 2.45) is 0 Å². The molecule has 1 aromatic carbocycles. The summed E-state index contributed by atoms with van der Waals surface area (Å²) in [5, 5.41) is 9.10. The number of nitrogens with zero attached hydrogens (tertiary/aromatic N) is 1. The van der Waals surface area contributed by atoms with Crippen LogP contribution in [0.2, 0.25) is 0 Å². The maximum atomic E-state index is 11.4. The second-order valence-corrected chi connectivity index (χ2v) is 5.18. The Hall–Kier alpha value is -1.12. The molecule has 0 amide bonds. The van der Waals surface area contributed by atoms with Crippen LogP contribution in [0, 0.1) is 11.3 Å². The molecule has 0 atom stereocenters. The lowest BCUT2D eigenvalue weighted by molar-refractivity contribution is 0.604. The lowest BCUT2D eigenvalue weighted by Gasteiger charge is -1.97. The van der Waals surface area contributed by atoms with Gasteiger partial charge in [0.15, 0.2) is 0 Å². The Balaban J connectivity index is 3.13. The lowest BCUT2D eigenvalue weighted by atomic mass is 10.4. The molecule has 0 spiro atoms. The molecule has 1 rings (SSSR count). The Morgan fingerprint density at radius 2 is 1.86 bits per heavy atom. The quantitative estimate of drug-likeness (QED) is 0.776. The summed E-state index contributed by atoms with van der Waals surface area (Å²) >= 11 is 3.20. The third-order valence-corrected chi connectivity index (χ3v) is 3.42. The van der Waals surface area contributed by atoms with E-state index in [1.807, 2.05) is 0 Å². The fourth-order valence-corrected chi connectivity index (χ4v) is 2.00. The van der Waals surface area contributed by atoms with Crippen LogP contribution in [0.15, 0.2) is 45.1 Å². The average molecular weight is 272 g/mol. The van der Waals surface area contributed by atoms with Crippen molar-refractivity contribution >= 4 is 25.8 Å². The van der Waals surface area contributed by atoms with E-state index in [2.05, 4.69) is 15.9 Å². The Kier molecular flexibility index (Phi) is 3.44. The van der Waals surface area contributed by atoms with Crippen molar-refractivity contribution in [2.75, 3.05) is 0 Å². The zero-order valence-electron chi connectivity index (χ0n) is 7.01. The van der Waals surface area contributed by atoms with Crippen LogP contribution >= 0.6 is 15.9 Å². The van der Waals surface area contributed by atoms with Gasteiger partial charge in [0.2, 0.25) is 9.84 Å². The van der Waals surface area contributed by atoms with Crippen molar-refractivity contribution < 1.29 is 8.42 Å². The topological polar surface area (TPSA) is 57.9 Å². The van der Waals surface area contributed by atoms with E-state index in [4.69, 9.17) is 5.26 Å². The van der Waals surface area contributed by atoms with E-state index >= 15 is 0 Å². The molecule has 0 aliphatic heterocycles. The largest absolute Gasteiger partial charge is 0.219 e. The maximum Gasteiger partial charge on any atom is 0.200 e. The maximum absolute atomic E-state index is 11.4. The van der Waals surface area contributed by atoms with Crippen LogP contribution in [0.5, 0.6) is 0 Å². The lowest BCUT2D eigenvalue weighted by Crippen LogP contribution is -1.95. The molecule has 0 saturated carbocycles. The molecule has 1 aromatic rings. The molecular weight excluding hydrogens is 266 g/mol. The molecule has 0 fully saturated rings. The summed E-state index contributed by atoms with van der Waals surface area (Å²) in [6.07, 6.45) is 0.942. The minimum atomic E-state index is -3.46. The summed E-state index contributed by atoms with van der Waals surface area (Å²) in [5.74, 6) is 0. The van der Waals surface area contributed by atoms with E-state index < -0.39 is 9.84 Å². The molecular formula is C9H6BrNO2S. The normalized spacial score (nSPS) is 11.4. The summed E-state index contributed by atoms with van der Waals surface area (Å²) in [5.41, 5.74) is 0. The Morgan fingerprint density at radius 1 is 1.29 bits per heavy atom. The molecule has 0 aliphatic carbocycles. The molecule has 0 aromatic heterocycles. The van der Waals surface area contributed by atoms with Crippen molar-refractivity contribution in [2.45, 2.75) is 4.90 Å². The zero-order chi connectivity index (χ0) is 10.6. The number of hydrogen-bond donors (Lipinski definition) is 0. The van der Waals surface area contributed by atoms with Crippen LogP contribution in [0.25, 0.3) is 0 Å². The monoisotopic (exact) mass is 271 g/mol. The summed E-state index contributed by atoms with van der Waals surface area (Å²) in [4.78, 5) is 0.173. The highest BCUT2D eigenvalue weighted by Crippen LogP contribution is 2.16. The van der Waals surface area contributed by atoms with Crippen molar-refractivity contribution in [3.63, 3.8) is 0 Å². The van der Waals surface area contributed by atoms with Crippen LogP contribution in [0.1, 0.15) is 0 Å². The molecule has 0 radical (unpaired) electrons. The van der Waals surface area contributed by atoms with Gasteiger partial charge in [-0.2, -0.15) is 5.26 Å². The van der Waals surface area contributed by atoms with Crippen LogP contribution in [0.3, 0.4) is 0 Å². The third kappa shape index (κ3) is 2.69. The first-order valence-electron chi connectivity index (χ1n) is 3.63. The van der Waals surface area contributed by atoms with Gasteiger partial charge < -0.3 is 0 Å². The number of sulfone groups is 1. The van der Waals surface area contributed by atoms with Crippen LogP contribution < -0.4 is 0 Å². The van der Waals surface area contributed by atoms with E-state index in [-0.39, 0.29) is 4.90 Å². The van der Waals surface area contributed by atoms with E-state index in [0.29, 0.717) is 0 Å². The summed E-state index contributed by atoms with van der Waals surface area (Å²) in [6.45, 7) is 0. The highest BCUT2D eigenvalue weighted by atomic mass is 79.9. The van der Waals surface area contributed by atoms with E-state index in [1.54, 1.807) is 18.2 Å². The van der Waals surface area contributed by atoms with Crippen molar-refractivity contribution in [3.05, 3.63) is 40.2 Å². The van der Waals surface area contributed by atoms with Crippen molar-refractivity contribution in [3.8, 4) is 6.07 Å². The van der Waals surface area contributed by atoms with Gasteiger partial charge in [-0.25, -0.2) is 8.42 Å². The first-order chi connectivity index (χ1) is 6.56. The molecule has 72 valence electrons. The molecule has 0 unspecified atom stereocenters. The fraction of sp³-hybridized carbons (Fsp3) is 0. The number of allylic oxidation sites excluding steroid dienone is 1. The highest BCUT2D eigenvalue weighted by Gasteiger charge is 2.08. The minimum Gasteiger partial charge on any atom is -0.219 e. The molecule has 0 heterocycles. The molecule has 0 bridgehead atoms. The van der Waals surface area contributed by atoms with Gasteiger partial charge in [-0.1, -0.05) is 15.9 Å². The summed E-state index contributed by atoms with van der Waals surface area (Å²) in [6, 6.07) is 7.85. The molecule has 14 heavy (non-hydrogen) atoms. The Morgan fingerprint density at radius 3 is 2.36 bits per heavy atom. The number of benzene rings is 1. The predicted molar refractivity (Wildman–Crippen MR) is 56.1 cm³/mol. The number of halogens is 1. The Labute approximate surface area is 90.7 Å². The van der Waals surface area contributed by atoms with Gasteiger partial charge in [-0.15, -0.1) is 0 Å². The second kappa shape index (κ2) is 4.40. The van der Waals surface area contributed by atoms with Gasteiger partial charge in [0.25, 0.3) is 0 Å². The standard InChI is InChI=1S/C9H6BrNO2S/c10-8-2-4-9(5-3-8)14(12,13)7-1-6-11/h1-5,7H/b7-1+. The molecule has 3 nitrogen and oxygen atoms in total. The van der Waals surface area contributed by atoms with Gasteiger partial charge in [-0.3, -0.25) is 0 Å². The van der Waals surface area contributed by atoms with Gasteiger partial charge in [0.05, 0.1) is 11.0 Å². The van der Waals surface area contributed by atoms with E-state index in [0.717, 1.165) is 16.0 Å². The number of nitriles is 1. The second-order valence-electron chi connectivity index (χ2n) is 2.43. The fourth-order valence-electron chi connectivity index (χ4n) is 0.823. The minimum absolute atomic E-state index is 0.173. The van der Waals surface area contributed by atoms with Crippen LogP contribution in [-0.4, -0.2) is 8.42 Å². The third-order valence-electron chi connectivity index (χ3n) is 1.46. The van der Waals surface area contributed by atoms with Crippen LogP contribution in [-0.2, 0) is 9.84 Å². The average Bonchev–Trinajstić information content (AvgIpc) is 2.16. The van der Waals surface area contributed by atoms with Crippen molar-refractivity contribution in [1.29, 1.82) is 5.26 Å². The molecule has 0 aliphatic rings. The zero-order valence-corrected chi connectivity index (χ0v) is 9.42. The van der Waals surface area contributed by atoms with Crippen LogP contribution in [0.4, 0.5) is 0 Å². The molecule has 0 saturated heterocycles. The Bertz CT molecular complexity index is 483. The summed E-state index contributed by atoms with van der Waals surface area (Å²) in [7, 11) is -3.46. The predicted octanol–water partition coefficient (Wildman–Crippen LogP) is 2.26. The van der Waals surface area contributed by atoms with Gasteiger partial charge in [0, 0.05) is 16.0 Å². The van der Waals surface area contributed by atoms with E-state index in [1.165, 1.54) is 12.1 Å². The van der Waals surface area contributed by atoms with Gasteiger partial charge >= 0.3 is 0 Å². The van der Waals surface area contributed by atoms with Gasteiger partial charge in [-0.05, 0) is 24.3 Å². The first kappa shape index (κ1) is 11.0. The number of hydrogen-bond acceptors (Lipinski definition) is 3. The van der Waals surface area contributed by atoms with Crippen molar-refractivity contribution in [1.82, 2.24) is 0 Å². The summed E-state index contributed by atoms with van der Waals surface area (Å²) < 4.78 is 23.7. The number of rotatable bonds is 2.